The summed E-state index contributed by atoms with van der Waals surface area (Å²) in [6.45, 7) is 3.50. The Bertz CT molecular complexity index is 690. The molecule has 1 aliphatic heterocycles. The second-order valence-electron chi connectivity index (χ2n) is 5.82. The molecule has 3 rings (SSSR count). The minimum Gasteiger partial charge on any atom is -0.357 e. The van der Waals surface area contributed by atoms with E-state index in [1.165, 1.54) is 0 Å². The Hall–Kier alpha value is -2.34. The molecule has 0 saturated carbocycles. The van der Waals surface area contributed by atoms with Gasteiger partial charge in [-0.3, -0.25) is 24.6 Å². The maximum atomic E-state index is 12.8. The van der Waals surface area contributed by atoms with E-state index in [-0.39, 0.29) is 5.91 Å². The van der Waals surface area contributed by atoms with Crippen molar-refractivity contribution in [1.82, 2.24) is 25.2 Å². The highest BCUT2D eigenvalue weighted by molar-refractivity contribution is 5.87. The summed E-state index contributed by atoms with van der Waals surface area (Å²) in [5.74, 6) is -0.0379. The van der Waals surface area contributed by atoms with Crippen molar-refractivity contribution in [2.45, 2.75) is 31.8 Å². The third kappa shape index (κ3) is 2.70. The number of carbonyl (C=O) groups is 1. The van der Waals surface area contributed by atoms with Crippen molar-refractivity contribution in [3.05, 3.63) is 53.9 Å². The number of pyridine rings is 1. The van der Waals surface area contributed by atoms with Crippen LogP contribution in [-0.2, 0) is 16.9 Å². The number of amides is 1. The van der Waals surface area contributed by atoms with Crippen molar-refractivity contribution in [3.8, 4) is 0 Å². The molecule has 1 fully saturated rings. The number of hydrogen-bond donors (Lipinski definition) is 1. The molecule has 1 aliphatic rings. The standard InChI is InChI=1S/C17H21N5O/c1-13-5-3-7-20-14(13)12-22-10-4-6-17(22,16(23)18-2)15-11-19-8-9-21-15/h3,5,7-9,11H,4,6,10,12H2,1-2H3,(H,18,23)/t17-/m1/s1. The summed E-state index contributed by atoms with van der Waals surface area (Å²) in [5, 5.41) is 2.81. The zero-order valence-corrected chi connectivity index (χ0v) is 13.5. The second kappa shape index (κ2) is 6.42. The van der Waals surface area contributed by atoms with Gasteiger partial charge < -0.3 is 5.32 Å². The summed E-state index contributed by atoms with van der Waals surface area (Å²) in [4.78, 5) is 28.0. The first kappa shape index (κ1) is 15.6. The molecule has 0 radical (unpaired) electrons. The van der Waals surface area contributed by atoms with Crippen molar-refractivity contribution in [2.24, 2.45) is 0 Å². The predicted molar refractivity (Wildman–Crippen MR) is 86.4 cm³/mol. The van der Waals surface area contributed by atoms with Crippen molar-refractivity contribution < 1.29 is 4.79 Å². The highest BCUT2D eigenvalue weighted by Crippen LogP contribution is 2.39. The Morgan fingerprint density at radius 3 is 2.91 bits per heavy atom. The van der Waals surface area contributed by atoms with Gasteiger partial charge in [-0.2, -0.15) is 0 Å². The Morgan fingerprint density at radius 1 is 1.35 bits per heavy atom. The van der Waals surface area contributed by atoms with E-state index >= 15 is 0 Å². The van der Waals surface area contributed by atoms with Gasteiger partial charge in [0.05, 0.1) is 17.6 Å². The largest absolute Gasteiger partial charge is 0.357 e. The molecule has 2 aromatic rings. The van der Waals surface area contributed by atoms with E-state index in [2.05, 4.69) is 25.2 Å². The van der Waals surface area contributed by atoms with E-state index in [9.17, 15) is 4.79 Å². The normalized spacial score (nSPS) is 21.3. The van der Waals surface area contributed by atoms with Gasteiger partial charge in [0.25, 0.3) is 0 Å². The van der Waals surface area contributed by atoms with Crippen LogP contribution in [0.2, 0.25) is 0 Å². The van der Waals surface area contributed by atoms with E-state index in [1.54, 1.807) is 31.8 Å². The predicted octanol–water partition coefficient (Wildman–Crippen LogP) is 1.42. The van der Waals surface area contributed by atoms with E-state index in [0.717, 1.165) is 30.6 Å². The minimum atomic E-state index is -0.771. The van der Waals surface area contributed by atoms with Gasteiger partial charge in [0, 0.05) is 38.7 Å². The molecule has 6 heteroatoms. The number of likely N-dealkylation sites (N-methyl/N-ethyl adjacent to an activating group) is 1. The van der Waals surface area contributed by atoms with Crippen molar-refractivity contribution in [2.75, 3.05) is 13.6 Å². The van der Waals surface area contributed by atoms with Gasteiger partial charge in [0.1, 0.15) is 5.54 Å². The number of likely N-dealkylation sites (tertiary alicyclic amines) is 1. The third-order valence-electron chi connectivity index (χ3n) is 4.55. The molecule has 3 heterocycles. The van der Waals surface area contributed by atoms with E-state index < -0.39 is 5.54 Å². The molecule has 2 aromatic heterocycles. The number of rotatable bonds is 4. The van der Waals surface area contributed by atoms with Crippen LogP contribution in [0.3, 0.4) is 0 Å². The molecule has 1 N–H and O–H groups in total. The Balaban J connectivity index is 2.01. The molecule has 6 nitrogen and oxygen atoms in total. The van der Waals surface area contributed by atoms with Crippen LogP contribution in [0.25, 0.3) is 0 Å². The number of aromatic nitrogens is 3. The summed E-state index contributed by atoms with van der Waals surface area (Å²) >= 11 is 0. The first-order valence-electron chi connectivity index (χ1n) is 7.82. The van der Waals surface area contributed by atoms with Crippen LogP contribution in [0.5, 0.6) is 0 Å². The van der Waals surface area contributed by atoms with Gasteiger partial charge in [0.15, 0.2) is 0 Å². The fourth-order valence-electron chi connectivity index (χ4n) is 3.34. The van der Waals surface area contributed by atoms with Crippen LogP contribution in [0, 0.1) is 6.92 Å². The highest BCUT2D eigenvalue weighted by atomic mass is 16.2. The first-order chi connectivity index (χ1) is 11.2. The third-order valence-corrected chi connectivity index (χ3v) is 4.55. The van der Waals surface area contributed by atoms with Crippen LogP contribution in [0.1, 0.15) is 29.8 Å². The fourth-order valence-corrected chi connectivity index (χ4v) is 3.34. The Morgan fingerprint density at radius 2 is 2.22 bits per heavy atom. The number of nitrogens with zero attached hydrogens (tertiary/aromatic N) is 4. The molecular weight excluding hydrogens is 290 g/mol. The van der Waals surface area contributed by atoms with Crippen LogP contribution in [0.15, 0.2) is 36.9 Å². The number of aryl methyl sites for hydroxylation is 1. The SMILES string of the molecule is CNC(=O)[C@]1(c2cnccn2)CCCN1Cc1ncccc1C. The number of nitrogens with one attached hydrogen (secondary N) is 1. The van der Waals surface area contributed by atoms with Crippen LogP contribution in [-0.4, -0.2) is 39.4 Å². The van der Waals surface area contributed by atoms with Crippen LogP contribution in [0.4, 0.5) is 0 Å². The van der Waals surface area contributed by atoms with E-state index in [4.69, 9.17) is 0 Å². The summed E-state index contributed by atoms with van der Waals surface area (Å²) in [6.07, 6.45) is 8.43. The molecule has 0 bridgehead atoms. The quantitative estimate of drug-likeness (QED) is 0.924. The van der Waals surface area contributed by atoms with Gasteiger partial charge in [-0.25, -0.2) is 0 Å². The molecule has 0 spiro atoms. The maximum absolute atomic E-state index is 12.8. The maximum Gasteiger partial charge on any atom is 0.246 e. The van der Waals surface area contributed by atoms with Gasteiger partial charge in [-0.05, 0) is 31.4 Å². The smallest absolute Gasteiger partial charge is 0.246 e. The molecular formula is C17H21N5O. The lowest BCUT2D eigenvalue weighted by molar-refractivity contribution is -0.132. The monoisotopic (exact) mass is 311 g/mol. The van der Waals surface area contributed by atoms with Crippen molar-refractivity contribution >= 4 is 5.91 Å². The van der Waals surface area contributed by atoms with Crippen molar-refractivity contribution in [3.63, 3.8) is 0 Å². The van der Waals surface area contributed by atoms with E-state index in [0.29, 0.717) is 12.2 Å². The summed E-state index contributed by atoms with van der Waals surface area (Å²) < 4.78 is 0. The lowest BCUT2D eigenvalue weighted by atomic mass is 9.90. The summed E-state index contributed by atoms with van der Waals surface area (Å²) in [6, 6.07) is 3.97. The fraction of sp³-hybridized carbons (Fsp3) is 0.412. The van der Waals surface area contributed by atoms with Gasteiger partial charge >= 0.3 is 0 Å². The first-order valence-corrected chi connectivity index (χ1v) is 7.82. The average molecular weight is 311 g/mol. The van der Waals surface area contributed by atoms with Gasteiger partial charge in [0.2, 0.25) is 5.91 Å². The summed E-state index contributed by atoms with van der Waals surface area (Å²) in [7, 11) is 1.67. The van der Waals surface area contributed by atoms with Crippen LogP contribution >= 0.6 is 0 Å². The molecule has 120 valence electrons. The van der Waals surface area contributed by atoms with Crippen molar-refractivity contribution in [1.29, 1.82) is 0 Å². The lowest BCUT2D eigenvalue weighted by Crippen LogP contribution is -2.52. The highest BCUT2D eigenvalue weighted by Gasteiger charge is 2.49. The molecule has 1 amide bonds. The molecule has 23 heavy (non-hydrogen) atoms. The van der Waals surface area contributed by atoms with E-state index in [1.807, 2.05) is 19.1 Å². The Kier molecular flexibility index (Phi) is 4.34. The molecule has 1 saturated heterocycles. The molecule has 0 aromatic carbocycles. The minimum absolute atomic E-state index is 0.0379. The zero-order valence-electron chi connectivity index (χ0n) is 13.5. The van der Waals surface area contributed by atoms with Crippen LogP contribution < -0.4 is 5.32 Å². The summed E-state index contributed by atoms with van der Waals surface area (Å²) in [5.41, 5.74) is 2.05. The average Bonchev–Trinajstić information content (AvgIpc) is 3.01. The van der Waals surface area contributed by atoms with Gasteiger partial charge in [-0.15, -0.1) is 0 Å². The number of hydrogen-bond acceptors (Lipinski definition) is 5. The second-order valence-corrected chi connectivity index (χ2v) is 5.82. The zero-order chi connectivity index (χ0) is 16.3. The molecule has 0 aliphatic carbocycles. The Labute approximate surface area is 136 Å². The topological polar surface area (TPSA) is 71.0 Å². The molecule has 1 atom stereocenters. The molecule has 0 unspecified atom stereocenters. The lowest BCUT2D eigenvalue weighted by Gasteiger charge is -2.36. The number of carbonyl (C=O) groups excluding carboxylic acids is 1. The van der Waals surface area contributed by atoms with Gasteiger partial charge in [-0.1, -0.05) is 6.07 Å².